The first kappa shape index (κ1) is 9.70. The van der Waals surface area contributed by atoms with Crippen molar-refractivity contribution in [1.29, 1.82) is 0 Å². The molecule has 0 saturated heterocycles. The lowest BCUT2D eigenvalue weighted by molar-refractivity contribution is -1.62. The van der Waals surface area contributed by atoms with Gasteiger partial charge in [-0.2, -0.15) is 0 Å². The second kappa shape index (κ2) is 4.12. The summed E-state index contributed by atoms with van der Waals surface area (Å²) in [5.41, 5.74) is 0. The molecule has 4 heteroatoms. The molecular formula is C10H7IO3. The molecule has 2 aromatic rings. The van der Waals surface area contributed by atoms with Crippen LogP contribution in [-0.4, -0.2) is 0 Å². The maximum Gasteiger partial charge on any atom is 0.570 e. The minimum Gasteiger partial charge on any atom is -0.385 e. The molecule has 0 aromatic heterocycles. The van der Waals surface area contributed by atoms with Gasteiger partial charge in [-0.15, -0.1) is 3.07 Å². The molecule has 0 atom stereocenters. The van der Waals surface area contributed by atoms with E-state index in [0.717, 1.165) is 10.8 Å². The molecule has 2 rings (SSSR count). The molecule has 0 N–H and O–H groups in total. The van der Waals surface area contributed by atoms with E-state index in [2.05, 4.69) is 3.07 Å². The molecule has 0 heterocycles. The molecule has 0 aliphatic heterocycles. The van der Waals surface area contributed by atoms with Gasteiger partial charge in [-0.1, -0.05) is 30.3 Å². The Hall–Kier alpha value is -0.850. The van der Waals surface area contributed by atoms with Crippen molar-refractivity contribution in [2.24, 2.45) is 0 Å². The summed E-state index contributed by atoms with van der Waals surface area (Å²) < 4.78 is 25.5. The summed E-state index contributed by atoms with van der Waals surface area (Å²) >= 11 is -3.63. The second-order valence-corrected chi connectivity index (χ2v) is 4.29. The normalized spacial score (nSPS) is 10.8. The van der Waals surface area contributed by atoms with Gasteiger partial charge in [-0.3, -0.25) is 0 Å². The first-order valence-corrected chi connectivity index (χ1v) is 6.62. The van der Waals surface area contributed by atoms with Gasteiger partial charge in [0.15, 0.2) is 0 Å². The predicted molar refractivity (Wildman–Crippen MR) is 44.6 cm³/mol. The van der Waals surface area contributed by atoms with Gasteiger partial charge in [-0.25, -0.2) is 0 Å². The van der Waals surface area contributed by atoms with E-state index in [1.54, 1.807) is 12.1 Å². The van der Waals surface area contributed by atoms with Crippen molar-refractivity contribution in [2.45, 2.75) is 0 Å². The fourth-order valence-electron chi connectivity index (χ4n) is 1.29. The van der Waals surface area contributed by atoms with Crippen LogP contribution in [-0.2, 0) is 0 Å². The Balaban J connectivity index is 2.41. The quantitative estimate of drug-likeness (QED) is 0.568. The van der Waals surface area contributed by atoms with Gasteiger partial charge in [0.1, 0.15) is 0 Å². The van der Waals surface area contributed by atoms with E-state index in [1.165, 1.54) is 0 Å². The van der Waals surface area contributed by atoms with E-state index >= 15 is 0 Å². The number of benzene rings is 2. The predicted octanol–water partition coefficient (Wildman–Crippen LogP) is -2.69. The molecule has 0 fully saturated rings. The summed E-state index contributed by atoms with van der Waals surface area (Å²) in [6, 6.07) is 12.9. The second-order valence-electron chi connectivity index (χ2n) is 2.78. The van der Waals surface area contributed by atoms with E-state index in [-0.39, 0.29) is 0 Å². The lowest BCUT2D eigenvalue weighted by atomic mass is 10.1. The van der Waals surface area contributed by atoms with E-state index in [9.17, 15) is 6.87 Å². The number of halogens is 1. The standard InChI is InChI=1S/C10H7IO3/c12-11(13)14-10-6-5-8-3-1-2-4-9(8)7-10/h1-7H. The van der Waals surface area contributed by atoms with Crippen LogP contribution in [0.2, 0.25) is 0 Å². The van der Waals surface area contributed by atoms with Gasteiger partial charge in [0.05, 0.1) is 0 Å². The van der Waals surface area contributed by atoms with Crippen LogP contribution >= 0.6 is 0 Å². The third-order valence-electron chi connectivity index (χ3n) is 1.87. The van der Waals surface area contributed by atoms with E-state index in [0.29, 0.717) is 5.75 Å². The van der Waals surface area contributed by atoms with Crippen molar-refractivity contribution >= 4 is 10.8 Å². The summed E-state index contributed by atoms with van der Waals surface area (Å²) in [7, 11) is 0. The highest BCUT2D eigenvalue weighted by molar-refractivity contribution is 5.83. The summed E-state index contributed by atoms with van der Waals surface area (Å²) in [6.45, 7) is 0. The van der Waals surface area contributed by atoms with Gasteiger partial charge in [-0.05, 0) is 22.9 Å². The van der Waals surface area contributed by atoms with Crippen molar-refractivity contribution in [3.63, 3.8) is 0 Å². The van der Waals surface area contributed by atoms with Crippen LogP contribution in [0.5, 0.6) is 5.75 Å². The zero-order chi connectivity index (χ0) is 9.97. The molecule has 0 unspecified atom stereocenters. The van der Waals surface area contributed by atoms with E-state index < -0.39 is 21.1 Å². The Morgan fingerprint density at radius 2 is 1.64 bits per heavy atom. The number of rotatable bonds is 2. The molecule has 3 nitrogen and oxygen atoms in total. The van der Waals surface area contributed by atoms with Crippen LogP contribution in [0.3, 0.4) is 0 Å². The monoisotopic (exact) mass is 302 g/mol. The molecule has 0 spiro atoms. The van der Waals surface area contributed by atoms with Crippen molar-refractivity contribution in [3.8, 4) is 5.75 Å². The molecule has 0 bridgehead atoms. The average Bonchev–Trinajstić information content (AvgIpc) is 2.17. The Morgan fingerprint density at radius 1 is 0.929 bits per heavy atom. The number of hydrogen-bond donors (Lipinski definition) is 0. The van der Waals surface area contributed by atoms with Crippen molar-refractivity contribution in [1.82, 2.24) is 0 Å². The lowest BCUT2D eigenvalue weighted by Gasteiger charge is -1.98. The van der Waals surface area contributed by atoms with Crippen LogP contribution < -0.4 is 31.0 Å². The summed E-state index contributed by atoms with van der Waals surface area (Å²) in [6.07, 6.45) is 0. The first-order valence-electron chi connectivity index (χ1n) is 3.98. The minimum atomic E-state index is -3.63. The first-order chi connectivity index (χ1) is 6.75. The molecule has 0 saturated carbocycles. The van der Waals surface area contributed by atoms with Crippen LogP contribution in [0.15, 0.2) is 42.5 Å². The minimum absolute atomic E-state index is 0.388. The van der Waals surface area contributed by atoms with Crippen LogP contribution in [0.4, 0.5) is 0 Å². The molecule has 0 aliphatic rings. The van der Waals surface area contributed by atoms with Gasteiger partial charge >= 0.3 is 21.1 Å². The SMILES string of the molecule is [O-][I+2]([O-])Oc1ccc2ccccc2c1. The van der Waals surface area contributed by atoms with Gasteiger partial charge in [0.25, 0.3) is 0 Å². The topological polar surface area (TPSA) is 55.3 Å². The Kier molecular flexibility index (Phi) is 2.85. The van der Waals surface area contributed by atoms with Crippen molar-refractivity contribution in [3.05, 3.63) is 42.5 Å². The van der Waals surface area contributed by atoms with Crippen LogP contribution in [0.1, 0.15) is 0 Å². The Bertz CT molecular complexity index is 442. The molecular weight excluding hydrogens is 295 g/mol. The van der Waals surface area contributed by atoms with Gasteiger partial charge in [0.2, 0.25) is 5.75 Å². The van der Waals surface area contributed by atoms with Gasteiger partial charge < -0.3 is 6.87 Å². The highest BCUT2D eigenvalue weighted by Gasteiger charge is 2.13. The zero-order valence-corrected chi connectivity index (χ0v) is 9.30. The fourth-order valence-corrected chi connectivity index (χ4v) is 1.98. The molecule has 0 radical (unpaired) electrons. The molecule has 72 valence electrons. The number of hydrogen-bond acceptors (Lipinski definition) is 3. The Labute approximate surface area is 90.0 Å². The Morgan fingerprint density at radius 3 is 2.36 bits per heavy atom. The summed E-state index contributed by atoms with van der Waals surface area (Å²) in [5.74, 6) is 0.388. The highest BCUT2D eigenvalue weighted by atomic mass is 127. The largest absolute Gasteiger partial charge is 0.570 e. The summed E-state index contributed by atoms with van der Waals surface area (Å²) in [5, 5.41) is 2.04. The maximum atomic E-state index is 10.4. The zero-order valence-electron chi connectivity index (χ0n) is 7.14. The summed E-state index contributed by atoms with van der Waals surface area (Å²) in [4.78, 5) is 0. The van der Waals surface area contributed by atoms with Gasteiger partial charge in [0, 0.05) is 0 Å². The maximum absolute atomic E-state index is 10.4. The van der Waals surface area contributed by atoms with Crippen LogP contribution in [0.25, 0.3) is 10.8 Å². The highest BCUT2D eigenvalue weighted by Crippen LogP contribution is 2.18. The molecule has 14 heavy (non-hydrogen) atoms. The van der Waals surface area contributed by atoms with Crippen LogP contribution in [0, 0.1) is 0 Å². The third-order valence-corrected chi connectivity index (χ3v) is 2.74. The fraction of sp³-hybridized carbons (Fsp3) is 0. The van der Waals surface area contributed by atoms with Crippen molar-refractivity contribution in [2.75, 3.05) is 0 Å². The van der Waals surface area contributed by atoms with E-state index in [4.69, 9.17) is 0 Å². The number of fused-ring (bicyclic) bond motifs is 1. The third kappa shape index (κ3) is 2.14. The smallest absolute Gasteiger partial charge is 0.385 e. The molecule has 2 aromatic carbocycles. The molecule has 0 amide bonds. The van der Waals surface area contributed by atoms with Crippen molar-refractivity contribution < 1.29 is 31.0 Å². The average molecular weight is 302 g/mol. The molecule has 0 aliphatic carbocycles. The lowest BCUT2D eigenvalue weighted by Crippen LogP contribution is -4.00. The van der Waals surface area contributed by atoms with E-state index in [1.807, 2.05) is 30.3 Å².